The number of halogens is 5. The molecule has 0 spiro atoms. The van der Waals surface area contributed by atoms with Gasteiger partial charge in [-0.3, -0.25) is 4.68 Å². The molecule has 0 unspecified atom stereocenters. The van der Waals surface area contributed by atoms with Crippen LogP contribution >= 0.6 is 0 Å². The van der Waals surface area contributed by atoms with E-state index in [-0.39, 0.29) is 18.7 Å². The Balaban J connectivity index is 1.75. The van der Waals surface area contributed by atoms with Gasteiger partial charge in [0.15, 0.2) is 5.69 Å². The van der Waals surface area contributed by atoms with Crippen LogP contribution in [0, 0.1) is 17.8 Å². The average Bonchev–Trinajstić information content (AvgIpc) is 2.97. The van der Waals surface area contributed by atoms with E-state index in [0.29, 0.717) is 25.2 Å². The van der Waals surface area contributed by atoms with Crippen LogP contribution in [0.3, 0.4) is 0 Å². The minimum absolute atomic E-state index is 0.181. The van der Waals surface area contributed by atoms with E-state index in [2.05, 4.69) is 5.10 Å². The maximum atomic E-state index is 13.5. The fourth-order valence-electron chi connectivity index (χ4n) is 4.23. The predicted octanol–water partition coefficient (Wildman–Crippen LogP) is 3.55. The van der Waals surface area contributed by atoms with Crippen molar-refractivity contribution in [3.63, 3.8) is 0 Å². The van der Waals surface area contributed by atoms with Gasteiger partial charge in [0.2, 0.25) is 6.43 Å². The van der Waals surface area contributed by atoms with Gasteiger partial charge in [0.05, 0.1) is 5.69 Å². The molecule has 9 heteroatoms. The SMILES string of the molecule is O=C(O)c1c(C(F)(F)F)c(C23CC(C2)C3)nn1C[C@@H]1C[C@H]1C(F)F. The van der Waals surface area contributed by atoms with Gasteiger partial charge in [-0.05, 0) is 37.5 Å². The number of hydrogen-bond acceptors (Lipinski definition) is 2. The molecule has 2 bridgehead atoms. The summed E-state index contributed by atoms with van der Waals surface area (Å²) >= 11 is 0. The summed E-state index contributed by atoms with van der Waals surface area (Å²) in [5, 5.41) is 13.3. The maximum Gasteiger partial charge on any atom is 0.420 e. The summed E-state index contributed by atoms with van der Waals surface area (Å²) in [6, 6.07) is 0. The summed E-state index contributed by atoms with van der Waals surface area (Å²) in [6.45, 7) is -0.209. The summed E-state index contributed by atoms with van der Waals surface area (Å²) < 4.78 is 66.6. The second kappa shape index (κ2) is 4.70. The molecule has 24 heavy (non-hydrogen) atoms. The van der Waals surface area contributed by atoms with Gasteiger partial charge in [-0.1, -0.05) is 0 Å². The van der Waals surface area contributed by atoms with Crippen molar-refractivity contribution in [1.29, 1.82) is 0 Å². The Morgan fingerprint density at radius 3 is 2.33 bits per heavy atom. The standard InChI is InChI=1S/C15H15F5N2O2/c16-12(17)8-1-7(8)5-22-10(13(23)24)9(15(18,19)20)11(21-22)14-2-6(3-14)4-14/h6-8,12H,1-5H2,(H,23,24)/t6?,7-,8+,14?/m0/s1. The molecule has 4 aliphatic carbocycles. The van der Waals surface area contributed by atoms with Crippen LogP contribution in [-0.4, -0.2) is 27.3 Å². The number of alkyl halides is 5. The van der Waals surface area contributed by atoms with Crippen LogP contribution in [-0.2, 0) is 18.1 Å². The molecular weight excluding hydrogens is 335 g/mol. The molecular formula is C15H15F5N2O2. The highest BCUT2D eigenvalue weighted by atomic mass is 19.4. The lowest BCUT2D eigenvalue weighted by atomic mass is 9.43. The molecule has 0 saturated heterocycles. The smallest absolute Gasteiger partial charge is 0.420 e. The number of carboxylic acid groups (broad SMARTS) is 1. The number of aromatic nitrogens is 2. The first-order valence-electron chi connectivity index (χ1n) is 7.82. The molecule has 132 valence electrons. The molecule has 4 nitrogen and oxygen atoms in total. The van der Waals surface area contributed by atoms with Crippen LogP contribution < -0.4 is 0 Å². The molecule has 4 aliphatic rings. The summed E-state index contributed by atoms with van der Waals surface area (Å²) in [5.41, 5.74) is -2.98. The monoisotopic (exact) mass is 350 g/mol. The van der Waals surface area contributed by atoms with Gasteiger partial charge in [0.25, 0.3) is 0 Å². The second-order valence-corrected chi connectivity index (χ2v) is 7.31. The van der Waals surface area contributed by atoms with Gasteiger partial charge in [-0.2, -0.15) is 18.3 Å². The molecule has 4 fully saturated rings. The molecule has 1 N–H and O–H groups in total. The van der Waals surface area contributed by atoms with Crippen molar-refractivity contribution < 1.29 is 31.9 Å². The van der Waals surface area contributed by atoms with Gasteiger partial charge in [0, 0.05) is 17.9 Å². The zero-order chi connectivity index (χ0) is 17.4. The maximum absolute atomic E-state index is 13.5. The molecule has 0 aliphatic heterocycles. The van der Waals surface area contributed by atoms with Gasteiger partial charge < -0.3 is 5.11 Å². The van der Waals surface area contributed by atoms with Crippen molar-refractivity contribution in [3.8, 4) is 0 Å². The molecule has 1 aromatic heterocycles. The average molecular weight is 350 g/mol. The Morgan fingerprint density at radius 1 is 1.33 bits per heavy atom. The highest BCUT2D eigenvalue weighted by molar-refractivity contribution is 5.88. The lowest BCUT2D eigenvalue weighted by molar-refractivity contribution is -0.142. The quantitative estimate of drug-likeness (QED) is 0.827. The fraction of sp³-hybridized carbons (Fsp3) is 0.733. The van der Waals surface area contributed by atoms with Crippen LogP contribution in [0.15, 0.2) is 0 Å². The summed E-state index contributed by atoms with van der Waals surface area (Å²) in [5.74, 6) is -2.73. The zero-order valence-electron chi connectivity index (χ0n) is 12.5. The molecule has 1 heterocycles. The van der Waals surface area contributed by atoms with E-state index in [1.165, 1.54) is 0 Å². The Bertz CT molecular complexity index is 694. The third-order valence-corrected chi connectivity index (χ3v) is 5.69. The number of hydrogen-bond donors (Lipinski definition) is 1. The van der Waals surface area contributed by atoms with Crippen LogP contribution in [0.25, 0.3) is 0 Å². The predicted molar refractivity (Wildman–Crippen MR) is 70.8 cm³/mol. The Kier molecular flexibility index (Phi) is 3.10. The van der Waals surface area contributed by atoms with E-state index in [1.54, 1.807) is 0 Å². The van der Waals surface area contributed by atoms with E-state index in [9.17, 15) is 31.9 Å². The summed E-state index contributed by atoms with van der Waals surface area (Å²) in [7, 11) is 0. The van der Waals surface area contributed by atoms with E-state index < -0.39 is 47.1 Å². The van der Waals surface area contributed by atoms with Crippen LogP contribution in [0.4, 0.5) is 22.0 Å². The number of rotatable bonds is 5. The van der Waals surface area contributed by atoms with Crippen molar-refractivity contribution in [3.05, 3.63) is 17.0 Å². The first-order chi connectivity index (χ1) is 11.1. The van der Waals surface area contributed by atoms with Gasteiger partial charge in [0.1, 0.15) is 5.56 Å². The Hall–Kier alpha value is -1.67. The van der Waals surface area contributed by atoms with Crippen molar-refractivity contribution >= 4 is 5.97 Å². The number of nitrogens with zero attached hydrogens (tertiary/aromatic N) is 2. The molecule has 5 rings (SSSR count). The molecule has 0 amide bonds. The van der Waals surface area contributed by atoms with E-state index >= 15 is 0 Å². The first kappa shape index (κ1) is 15.8. The fourth-order valence-corrected chi connectivity index (χ4v) is 4.23. The van der Waals surface area contributed by atoms with Gasteiger partial charge in [-0.25, -0.2) is 13.6 Å². The van der Waals surface area contributed by atoms with E-state index in [1.807, 2.05) is 0 Å². The van der Waals surface area contributed by atoms with Crippen molar-refractivity contribution in [2.45, 2.75) is 50.2 Å². The first-order valence-corrected chi connectivity index (χ1v) is 7.82. The number of aromatic carboxylic acids is 1. The van der Waals surface area contributed by atoms with Crippen molar-refractivity contribution in [2.24, 2.45) is 17.8 Å². The van der Waals surface area contributed by atoms with E-state index in [0.717, 1.165) is 4.68 Å². The van der Waals surface area contributed by atoms with Crippen molar-refractivity contribution in [1.82, 2.24) is 9.78 Å². The van der Waals surface area contributed by atoms with E-state index in [4.69, 9.17) is 0 Å². The highest BCUT2D eigenvalue weighted by Crippen LogP contribution is 2.66. The molecule has 1 aromatic rings. The lowest BCUT2D eigenvalue weighted by Gasteiger charge is -2.61. The molecule has 2 atom stereocenters. The minimum Gasteiger partial charge on any atom is -0.477 e. The normalized spacial score (nSPS) is 34.0. The summed E-state index contributed by atoms with van der Waals surface area (Å²) in [4.78, 5) is 11.5. The number of carbonyl (C=O) groups is 1. The molecule has 4 saturated carbocycles. The third kappa shape index (κ3) is 2.16. The van der Waals surface area contributed by atoms with Crippen LogP contribution in [0.5, 0.6) is 0 Å². The van der Waals surface area contributed by atoms with Crippen LogP contribution in [0.1, 0.15) is 47.4 Å². The number of carboxylic acids is 1. The summed E-state index contributed by atoms with van der Waals surface area (Å²) in [6.07, 6.45) is -5.42. The topological polar surface area (TPSA) is 55.1 Å². The largest absolute Gasteiger partial charge is 0.477 e. The zero-order valence-corrected chi connectivity index (χ0v) is 12.5. The lowest BCUT2D eigenvalue weighted by Crippen LogP contribution is -2.56. The van der Waals surface area contributed by atoms with Gasteiger partial charge in [-0.15, -0.1) is 0 Å². The third-order valence-electron chi connectivity index (χ3n) is 5.69. The highest BCUT2D eigenvalue weighted by Gasteiger charge is 2.62. The van der Waals surface area contributed by atoms with Gasteiger partial charge >= 0.3 is 12.1 Å². The minimum atomic E-state index is -4.83. The van der Waals surface area contributed by atoms with Crippen molar-refractivity contribution in [2.75, 3.05) is 0 Å². The molecule has 0 aromatic carbocycles. The molecule has 0 radical (unpaired) electrons. The second-order valence-electron chi connectivity index (χ2n) is 7.31. The Labute approximate surface area is 133 Å². The van der Waals surface area contributed by atoms with Crippen LogP contribution in [0.2, 0.25) is 0 Å². The Morgan fingerprint density at radius 2 is 1.96 bits per heavy atom.